The van der Waals surface area contributed by atoms with Crippen LogP contribution < -0.4 is 5.32 Å². The SMILES string of the molecule is O=C(NCCN1CCOCC1)C1CCN(C(=O)N2CCCC2)CC1. The molecule has 24 heavy (non-hydrogen) atoms. The average Bonchev–Trinajstić information content (AvgIpc) is 3.17. The first-order valence-electron chi connectivity index (χ1n) is 9.36. The normalized spacial score (nSPS) is 23.5. The Morgan fingerprint density at radius 1 is 0.917 bits per heavy atom. The molecule has 0 aromatic rings. The molecule has 3 saturated heterocycles. The van der Waals surface area contributed by atoms with Crippen LogP contribution in [0.2, 0.25) is 0 Å². The van der Waals surface area contributed by atoms with E-state index in [9.17, 15) is 9.59 Å². The van der Waals surface area contributed by atoms with E-state index in [1.54, 1.807) is 0 Å². The summed E-state index contributed by atoms with van der Waals surface area (Å²) < 4.78 is 5.32. The van der Waals surface area contributed by atoms with Gasteiger partial charge in [0.25, 0.3) is 0 Å². The Balaban J connectivity index is 1.33. The molecule has 3 aliphatic heterocycles. The Morgan fingerprint density at radius 3 is 2.21 bits per heavy atom. The number of piperidine rings is 1. The zero-order chi connectivity index (χ0) is 16.8. The topological polar surface area (TPSA) is 65.1 Å². The van der Waals surface area contributed by atoms with Crippen molar-refractivity contribution in [2.75, 3.05) is 65.6 Å². The Hall–Kier alpha value is -1.34. The number of nitrogens with one attached hydrogen (secondary N) is 1. The number of morpholine rings is 1. The number of likely N-dealkylation sites (tertiary alicyclic amines) is 2. The summed E-state index contributed by atoms with van der Waals surface area (Å²) in [6.45, 7) is 8.26. The fourth-order valence-corrected chi connectivity index (χ4v) is 3.75. The summed E-state index contributed by atoms with van der Waals surface area (Å²) in [5, 5.41) is 3.06. The van der Waals surface area contributed by atoms with Gasteiger partial charge >= 0.3 is 6.03 Å². The predicted octanol–water partition coefficient (Wildman–Crippen LogP) is 0.363. The number of hydrogen-bond donors (Lipinski definition) is 1. The molecule has 0 bridgehead atoms. The van der Waals surface area contributed by atoms with Gasteiger partial charge in [-0.1, -0.05) is 0 Å². The first-order chi connectivity index (χ1) is 11.7. The van der Waals surface area contributed by atoms with Crippen LogP contribution in [0.15, 0.2) is 0 Å². The number of amides is 3. The highest BCUT2D eigenvalue weighted by molar-refractivity contribution is 5.79. The van der Waals surface area contributed by atoms with Gasteiger partial charge in [0.2, 0.25) is 5.91 Å². The summed E-state index contributed by atoms with van der Waals surface area (Å²) in [5.41, 5.74) is 0. The molecule has 0 aliphatic carbocycles. The van der Waals surface area contributed by atoms with Gasteiger partial charge in [-0.15, -0.1) is 0 Å². The third-order valence-electron chi connectivity index (χ3n) is 5.34. The molecule has 3 heterocycles. The predicted molar refractivity (Wildman–Crippen MR) is 90.8 cm³/mol. The monoisotopic (exact) mass is 338 g/mol. The summed E-state index contributed by atoms with van der Waals surface area (Å²) in [6, 6.07) is 0.165. The lowest BCUT2D eigenvalue weighted by molar-refractivity contribution is -0.126. The maximum atomic E-state index is 12.4. The Bertz CT molecular complexity index is 426. The molecule has 0 unspecified atom stereocenters. The molecule has 7 nitrogen and oxygen atoms in total. The fourth-order valence-electron chi connectivity index (χ4n) is 3.75. The second-order valence-corrected chi connectivity index (χ2v) is 6.98. The summed E-state index contributed by atoms with van der Waals surface area (Å²) in [5.74, 6) is 0.203. The van der Waals surface area contributed by atoms with E-state index in [0.29, 0.717) is 19.6 Å². The molecule has 3 amide bonds. The number of carbonyl (C=O) groups excluding carboxylic acids is 2. The number of ether oxygens (including phenoxy) is 1. The Morgan fingerprint density at radius 2 is 1.54 bits per heavy atom. The molecule has 0 aromatic carbocycles. The van der Waals surface area contributed by atoms with Crippen LogP contribution in [0.3, 0.4) is 0 Å². The van der Waals surface area contributed by atoms with Crippen LogP contribution in [-0.4, -0.2) is 92.2 Å². The summed E-state index contributed by atoms with van der Waals surface area (Å²) in [6.07, 6.45) is 3.80. The molecule has 1 N–H and O–H groups in total. The van der Waals surface area contributed by atoms with Crippen LogP contribution >= 0.6 is 0 Å². The van der Waals surface area contributed by atoms with Gasteiger partial charge in [0, 0.05) is 58.3 Å². The van der Waals surface area contributed by atoms with Gasteiger partial charge in [0.15, 0.2) is 0 Å². The molecule has 3 aliphatic rings. The van der Waals surface area contributed by atoms with E-state index < -0.39 is 0 Å². The minimum Gasteiger partial charge on any atom is -0.379 e. The smallest absolute Gasteiger partial charge is 0.319 e. The third kappa shape index (κ3) is 4.60. The van der Waals surface area contributed by atoms with Gasteiger partial charge < -0.3 is 19.9 Å². The molecule has 3 fully saturated rings. The zero-order valence-electron chi connectivity index (χ0n) is 14.5. The third-order valence-corrected chi connectivity index (χ3v) is 5.34. The van der Waals surface area contributed by atoms with Crippen LogP contribution in [0.25, 0.3) is 0 Å². The van der Waals surface area contributed by atoms with E-state index in [-0.39, 0.29) is 17.9 Å². The van der Waals surface area contributed by atoms with Crippen molar-refractivity contribution in [3.8, 4) is 0 Å². The average molecular weight is 338 g/mol. The molecule has 0 saturated carbocycles. The second-order valence-electron chi connectivity index (χ2n) is 6.98. The van der Waals surface area contributed by atoms with Crippen LogP contribution in [0.5, 0.6) is 0 Å². The largest absolute Gasteiger partial charge is 0.379 e. The van der Waals surface area contributed by atoms with Crippen LogP contribution in [0, 0.1) is 5.92 Å². The fraction of sp³-hybridized carbons (Fsp3) is 0.882. The van der Waals surface area contributed by atoms with Crippen molar-refractivity contribution in [3.05, 3.63) is 0 Å². The standard InChI is InChI=1S/C17H30N4O3/c22-16(18-5-10-19-11-13-24-14-12-19)15-3-8-21(9-4-15)17(23)20-6-1-2-7-20/h15H,1-14H2,(H,18,22). The van der Waals surface area contributed by atoms with Gasteiger partial charge in [-0.05, 0) is 25.7 Å². The minimum atomic E-state index is 0.0531. The van der Waals surface area contributed by atoms with Crippen molar-refractivity contribution >= 4 is 11.9 Å². The molecular weight excluding hydrogens is 308 g/mol. The van der Waals surface area contributed by atoms with Gasteiger partial charge in [-0.3, -0.25) is 9.69 Å². The molecular formula is C17H30N4O3. The van der Waals surface area contributed by atoms with Gasteiger partial charge in [0.1, 0.15) is 0 Å². The van der Waals surface area contributed by atoms with Crippen molar-refractivity contribution in [1.29, 1.82) is 0 Å². The van der Waals surface area contributed by atoms with Crippen molar-refractivity contribution in [2.24, 2.45) is 5.92 Å². The maximum Gasteiger partial charge on any atom is 0.319 e. The first-order valence-corrected chi connectivity index (χ1v) is 9.36. The van der Waals surface area contributed by atoms with Crippen molar-refractivity contribution < 1.29 is 14.3 Å². The minimum absolute atomic E-state index is 0.0531. The van der Waals surface area contributed by atoms with E-state index in [1.165, 1.54) is 0 Å². The quantitative estimate of drug-likeness (QED) is 0.804. The Labute approximate surface area is 144 Å². The molecule has 0 atom stereocenters. The van der Waals surface area contributed by atoms with Crippen LogP contribution in [0.1, 0.15) is 25.7 Å². The number of urea groups is 1. The van der Waals surface area contributed by atoms with Gasteiger partial charge in [-0.2, -0.15) is 0 Å². The number of hydrogen-bond acceptors (Lipinski definition) is 4. The maximum absolute atomic E-state index is 12.4. The van der Waals surface area contributed by atoms with Crippen LogP contribution in [-0.2, 0) is 9.53 Å². The highest BCUT2D eigenvalue weighted by atomic mass is 16.5. The second kappa shape index (κ2) is 8.67. The zero-order valence-corrected chi connectivity index (χ0v) is 14.5. The summed E-state index contributed by atoms with van der Waals surface area (Å²) >= 11 is 0. The van der Waals surface area contributed by atoms with Crippen molar-refractivity contribution in [2.45, 2.75) is 25.7 Å². The van der Waals surface area contributed by atoms with Crippen LogP contribution in [0.4, 0.5) is 4.79 Å². The van der Waals surface area contributed by atoms with Crippen molar-refractivity contribution in [1.82, 2.24) is 20.0 Å². The first kappa shape index (κ1) is 17.5. The molecule has 0 spiro atoms. The lowest BCUT2D eigenvalue weighted by Crippen LogP contribution is -2.48. The number of carbonyl (C=O) groups is 2. The molecule has 0 aromatic heterocycles. The lowest BCUT2D eigenvalue weighted by Gasteiger charge is -2.34. The van der Waals surface area contributed by atoms with Gasteiger partial charge in [0.05, 0.1) is 13.2 Å². The van der Waals surface area contributed by atoms with E-state index in [0.717, 1.165) is 71.6 Å². The molecule has 7 heteroatoms. The van der Waals surface area contributed by atoms with E-state index in [4.69, 9.17) is 4.74 Å². The van der Waals surface area contributed by atoms with E-state index >= 15 is 0 Å². The highest BCUT2D eigenvalue weighted by Gasteiger charge is 2.30. The van der Waals surface area contributed by atoms with Crippen molar-refractivity contribution in [3.63, 3.8) is 0 Å². The summed E-state index contributed by atoms with van der Waals surface area (Å²) in [4.78, 5) is 30.9. The highest BCUT2D eigenvalue weighted by Crippen LogP contribution is 2.20. The lowest BCUT2D eigenvalue weighted by atomic mass is 9.96. The molecule has 0 radical (unpaired) electrons. The van der Waals surface area contributed by atoms with E-state index in [1.807, 2.05) is 9.80 Å². The number of nitrogens with zero attached hydrogens (tertiary/aromatic N) is 3. The molecule has 3 rings (SSSR count). The molecule has 136 valence electrons. The number of rotatable bonds is 4. The van der Waals surface area contributed by atoms with Gasteiger partial charge in [-0.25, -0.2) is 4.79 Å². The Kier molecular flexibility index (Phi) is 6.31. The summed E-state index contributed by atoms with van der Waals surface area (Å²) in [7, 11) is 0. The van der Waals surface area contributed by atoms with E-state index in [2.05, 4.69) is 10.2 Å².